The van der Waals surface area contributed by atoms with Crippen molar-refractivity contribution in [3.8, 4) is 0 Å². The monoisotopic (exact) mass is 442 g/mol. The average Bonchev–Trinajstić information content (AvgIpc) is 2.48. The number of nitrogens with one attached hydrogen (secondary N) is 1. The third-order valence-electron chi connectivity index (χ3n) is 2.26. The van der Waals surface area contributed by atoms with E-state index < -0.39 is 0 Å². The molecule has 3 N–H and O–H groups in total. The summed E-state index contributed by atoms with van der Waals surface area (Å²) in [6.07, 6.45) is 0. The Morgan fingerprint density at radius 1 is 0.840 bits per heavy atom. The van der Waals surface area contributed by atoms with Crippen molar-refractivity contribution >= 4 is 80.5 Å². The predicted molar refractivity (Wildman–Crippen MR) is 108 cm³/mol. The highest BCUT2D eigenvalue weighted by molar-refractivity contribution is 6.62. The molecule has 2 aromatic rings. The normalized spacial score (nSPS) is 9.08. The van der Waals surface area contributed by atoms with Gasteiger partial charge in [0.15, 0.2) is 0 Å². The van der Waals surface area contributed by atoms with Crippen LogP contribution in [-0.4, -0.2) is 11.1 Å². The standard InChI is InChI=1S/C8H7Cl2NO.C6H5Cl2N.C2H3ClO/c1-5(12)11-8-6(9)3-2-4-7(8)10;7-4-2-1-3-5(8)6(4)9;1-2(3)4/h2-4H,1H3,(H,11,12);1-3H,9H2;1H3. The van der Waals surface area contributed by atoms with E-state index in [9.17, 15) is 9.59 Å². The Balaban J connectivity index is 0.000000391. The molecule has 0 spiro atoms. The Kier molecular flexibility index (Phi) is 11.7. The van der Waals surface area contributed by atoms with Gasteiger partial charge in [0.1, 0.15) is 0 Å². The minimum Gasteiger partial charge on any atom is -0.396 e. The molecule has 25 heavy (non-hydrogen) atoms. The maximum atomic E-state index is 10.7. The molecule has 0 aliphatic carbocycles. The zero-order chi connectivity index (χ0) is 19.6. The first-order valence-corrected chi connectivity index (χ1v) is 8.52. The van der Waals surface area contributed by atoms with Crippen molar-refractivity contribution in [2.24, 2.45) is 0 Å². The number of rotatable bonds is 1. The molecule has 136 valence electrons. The van der Waals surface area contributed by atoms with Crippen molar-refractivity contribution in [1.29, 1.82) is 0 Å². The molecule has 0 unspecified atom stereocenters. The van der Waals surface area contributed by atoms with Gasteiger partial charge in [-0.3, -0.25) is 9.59 Å². The van der Waals surface area contributed by atoms with E-state index in [-0.39, 0.29) is 11.1 Å². The second-order valence-corrected chi connectivity index (χ2v) is 6.54. The molecule has 0 heterocycles. The second-order valence-electron chi connectivity index (χ2n) is 4.38. The highest BCUT2D eigenvalue weighted by atomic mass is 35.5. The smallest absolute Gasteiger partial charge is 0.221 e. The lowest BCUT2D eigenvalue weighted by molar-refractivity contribution is -0.114. The highest BCUT2D eigenvalue weighted by Gasteiger charge is 2.05. The molecule has 0 fully saturated rings. The number of para-hydroxylation sites is 2. The third-order valence-corrected chi connectivity index (χ3v) is 3.55. The van der Waals surface area contributed by atoms with E-state index in [0.29, 0.717) is 31.5 Å². The molecule has 4 nitrogen and oxygen atoms in total. The zero-order valence-electron chi connectivity index (χ0n) is 13.2. The summed E-state index contributed by atoms with van der Waals surface area (Å²) in [5, 5.41) is 4.07. The highest BCUT2D eigenvalue weighted by Crippen LogP contribution is 2.29. The number of nitrogens with two attached hydrogens (primary N) is 1. The summed E-state index contributed by atoms with van der Waals surface area (Å²) in [5.41, 5.74) is 6.33. The van der Waals surface area contributed by atoms with Gasteiger partial charge in [0, 0.05) is 13.8 Å². The van der Waals surface area contributed by atoms with Crippen molar-refractivity contribution in [1.82, 2.24) is 0 Å². The lowest BCUT2D eigenvalue weighted by Crippen LogP contribution is -2.06. The Morgan fingerprint density at radius 2 is 1.16 bits per heavy atom. The molecular weight excluding hydrogens is 429 g/mol. The van der Waals surface area contributed by atoms with Crippen LogP contribution in [0.15, 0.2) is 36.4 Å². The fourth-order valence-electron chi connectivity index (χ4n) is 1.30. The maximum absolute atomic E-state index is 10.7. The molecule has 0 aromatic heterocycles. The van der Waals surface area contributed by atoms with Gasteiger partial charge in [-0.25, -0.2) is 0 Å². The van der Waals surface area contributed by atoms with Gasteiger partial charge in [-0.05, 0) is 35.9 Å². The lowest BCUT2D eigenvalue weighted by Gasteiger charge is -2.05. The number of benzene rings is 2. The molecule has 0 aliphatic rings. The summed E-state index contributed by atoms with van der Waals surface area (Å²) in [7, 11) is 0. The van der Waals surface area contributed by atoms with Gasteiger partial charge in [0.05, 0.1) is 31.5 Å². The van der Waals surface area contributed by atoms with Gasteiger partial charge >= 0.3 is 0 Å². The van der Waals surface area contributed by atoms with Crippen LogP contribution in [0.4, 0.5) is 11.4 Å². The Morgan fingerprint density at radius 3 is 1.44 bits per heavy atom. The van der Waals surface area contributed by atoms with E-state index in [2.05, 4.69) is 16.9 Å². The van der Waals surface area contributed by atoms with E-state index in [1.54, 1.807) is 36.4 Å². The molecule has 9 heteroatoms. The van der Waals surface area contributed by atoms with Crippen molar-refractivity contribution in [3.63, 3.8) is 0 Å². The number of halogens is 5. The summed E-state index contributed by atoms with van der Waals surface area (Å²) in [5.74, 6) is -0.190. The Hall–Kier alpha value is -1.17. The van der Waals surface area contributed by atoms with Crippen LogP contribution >= 0.6 is 58.0 Å². The van der Waals surface area contributed by atoms with Gasteiger partial charge in [-0.15, -0.1) is 0 Å². The van der Waals surface area contributed by atoms with Gasteiger partial charge in [0.25, 0.3) is 0 Å². The predicted octanol–water partition coefficient (Wildman–Crippen LogP) is 6.30. The molecule has 0 saturated carbocycles. The number of anilines is 2. The number of nitrogen functional groups attached to an aromatic ring is 1. The number of hydrogen-bond donors (Lipinski definition) is 2. The Labute approximate surface area is 171 Å². The Bertz CT molecular complexity index is 694. The van der Waals surface area contributed by atoms with Crippen LogP contribution in [0.5, 0.6) is 0 Å². The topological polar surface area (TPSA) is 72.2 Å². The molecule has 1 amide bonds. The number of carbonyl (C=O) groups is 2. The molecule has 0 aliphatic heterocycles. The first-order chi connectivity index (χ1) is 11.6. The van der Waals surface area contributed by atoms with Crippen LogP contribution in [-0.2, 0) is 9.59 Å². The summed E-state index contributed by atoms with van der Waals surface area (Å²) in [4.78, 5) is 19.9. The van der Waals surface area contributed by atoms with E-state index >= 15 is 0 Å². The number of carbonyl (C=O) groups excluding carboxylic acids is 2. The fourth-order valence-corrected chi connectivity index (χ4v) is 2.19. The average molecular weight is 445 g/mol. The van der Waals surface area contributed by atoms with Gasteiger partial charge < -0.3 is 11.1 Å². The van der Waals surface area contributed by atoms with Gasteiger partial charge in [-0.1, -0.05) is 58.5 Å². The van der Waals surface area contributed by atoms with E-state index in [4.69, 9.17) is 52.1 Å². The molecular formula is C16H15Cl5N2O2. The van der Waals surface area contributed by atoms with Crippen LogP contribution in [0.25, 0.3) is 0 Å². The summed E-state index contributed by atoms with van der Waals surface area (Å²) in [6.45, 7) is 2.70. The van der Waals surface area contributed by atoms with Gasteiger partial charge in [0.2, 0.25) is 11.1 Å². The van der Waals surface area contributed by atoms with Crippen molar-refractivity contribution in [2.75, 3.05) is 11.1 Å². The van der Waals surface area contributed by atoms with Crippen molar-refractivity contribution < 1.29 is 9.59 Å². The molecule has 2 rings (SSSR count). The maximum Gasteiger partial charge on any atom is 0.221 e. The SMILES string of the molecule is CC(=O)Cl.CC(=O)Nc1c(Cl)cccc1Cl.Nc1c(Cl)cccc1Cl. The molecule has 2 aromatic carbocycles. The molecule has 0 atom stereocenters. The summed E-state index contributed by atoms with van der Waals surface area (Å²) in [6, 6.07) is 10.2. The first kappa shape index (κ1) is 23.8. The van der Waals surface area contributed by atoms with Crippen LogP contribution in [0.3, 0.4) is 0 Å². The fraction of sp³-hybridized carbons (Fsp3) is 0.125. The zero-order valence-corrected chi connectivity index (χ0v) is 17.0. The second kappa shape index (κ2) is 12.2. The van der Waals surface area contributed by atoms with Crippen LogP contribution in [0.1, 0.15) is 13.8 Å². The van der Waals surface area contributed by atoms with Crippen LogP contribution in [0.2, 0.25) is 20.1 Å². The summed E-state index contributed by atoms with van der Waals surface area (Å²) >= 11 is 27.4. The van der Waals surface area contributed by atoms with E-state index in [1.165, 1.54) is 13.8 Å². The molecule has 0 radical (unpaired) electrons. The molecule has 0 bridgehead atoms. The van der Waals surface area contributed by atoms with Gasteiger partial charge in [-0.2, -0.15) is 0 Å². The van der Waals surface area contributed by atoms with Crippen molar-refractivity contribution in [2.45, 2.75) is 13.8 Å². The quantitative estimate of drug-likeness (QED) is 0.400. The minimum absolute atomic E-state index is 0.190. The van der Waals surface area contributed by atoms with Crippen LogP contribution in [0, 0.1) is 0 Å². The number of amides is 1. The van der Waals surface area contributed by atoms with Crippen LogP contribution < -0.4 is 11.1 Å². The van der Waals surface area contributed by atoms with Crippen molar-refractivity contribution in [3.05, 3.63) is 56.5 Å². The largest absolute Gasteiger partial charge is 0.396 e. The van der Waals surface area contributed by atoms with E-state index in [0.717, 1.165) is 0 Å². The summed E-state index contributed by atoms with van der Waals surface area (Å²) < 4.78 is 0. The lowest BCUT2D eigenvalue weighted by atomic mass is 10.3. The molecule has 0 saturated heterocycles. The third kappa shape index (κ3) is 10.4. The number of hydrogen-bond acceptors (Lipinski definition) is 3. The van der Waals surface area contributed by atoms with E-state index in [1.807, 2.05) is 0 Å². The minimum atomic E-state index is -0.361. The first-order valence-electron chi connectivity index (χ1n) is 6.63.